The van der Waals surface area contributed by atoms with Crippen LogP contribution in [0.2, 0.25) is 0 Å². The molecule has 5 nitrogen and oxygen atoms in total. The molecule has 0 aliphatic carbocycles. The van der Waals surface area contributed by atoms with Crippen molar-refractivity contribution in [3.63, 3.8) is 0 Å². The second-order valence-electron chi connectivity index (χ2n) is 9.12. The largest absolute Gasteiger partial charge is 0.339 e. The van der Waals surface area contributed by atoms with E-state index < -0.39 is 10.8 Å². The lowest BCUT2D eigenvalue weighted by Gasteiger charge is -2.28. The lowest BCUT2D eigenvalue weighted by Crippen LogP contribution is -2.36. The summed E-state index contributed by atoms with van der Waals surface area (Å²) in [4.78, 5) is 31.7. The normalized spacial score (nSPS) is 17.7. The van der Waals surface area contributed by atoms with Gasteiger partial charge in [-0.3, -0.25) is 9.59 Å². The predicted molar refractivity (Wildman–Crippen MR) is 134 cm³/mol. The van der Waals surface area contributed by atoms with Crippen molar-refractivity contribution in [3.8, 4) is 0 Å². The van der Waals surface area contributed by atoms with Gasteiger partial charge in [-0.15, -0.1) is 0 Å². The summed E-state index contributed by atoms with van der Waals surface area (Å²) < 4.78 is 13.6. The topological polar surface area (TPSA) is 57.7 Å². The van der Waals surface area contributed by atoms with E-state index in [0.29, 0.717) is 33.2 Å². The average Bonchev–Trinajstić information content (AvgIpc) is 2.95. The molecule has 3 aromatic rings. The molecule has 0 bridgehead atoms. The molecule has 0 saturated carbocycles. The van der Waals surface area contributed by atoms with E-state index in [2.05, 4.69) is 18.2 Å². The van der Waals surface area contributed by atoms with Crippen LogP contribution in [0.4, 0.5) is 5.69 Å². The second kappa shape index (κ2) is 9.18. The first kappa shape index (κ1) is 22.5. The molecule has 2 heterocycles. The molecule has 1 fully saturated rings. The summed E-state index contributed by atoms with van der Waals surface area (Å²) in [6.07, 6.45) is 3.16. The zero-order valence-corrected chi connectivity index (χ0v) is 20.4. The molecule has 1 atom stereocenters. The fourth-order valence-electron chi connectivity index (χ4n) is 4.77. The minimum Gasteiger partial charge on any atom is -0.339 e. The third-order valence-corrected chi connectivity index (χ3v) is 8.24. The minimum absolute atomic E-state index is 0.0332. The van der Waals surface area contributed by atoms with Crippen LogP contribution < -0.4 is 4.90 Å². The Hall–Kier alpha value is -3.25. The highest BCUT2D eigenvalue weighted by molar-refractivity contribution is 7.85. The van der Waals surface area contributed by atoms with E-state index in [9.17, 15) is 13.8 Å². The Balaban J connectivity index is 1.64. The van der Waals surface area contributed by atoms with Gasteiger partial charge in [-0.25, -0.2) is 4.21 Å². The average molecular weight is 473 g/mol. The van der Waals surface area contributed by atoms with E-state index in [1.807, 2.05) is 18.7 Å². The molecule has 0 unspecified atom stereocenters. The predicted octanol–water partition coefficient (Wildman–Crippen LogP) is 5.26. The fraction of sp³-hybridized carbons (Fsp3) is 0.286. The molecular weight excluding hydrogens is 444 g/mol. The van der Waals surface area contributed by atoms with Gasteiger partial charge in [-0.05, 0) is 74.6 Å². The number of aryl methyl sites for hydroxylation is 2. The Morgan fingerprint density at radius 1 is 0.912 bits per heavy atom. The molecule has 34 heavy (non-hydrogen) atoms. The highest BCUT2D eigenvalue weighted by Crippen LogP contribution is 2.36. The van der Waals surface area contributed by atoms with Gasteiger partial charge in [0.2, 0.25) is 0 Å². The number of piperidine rings is 1. The summed E-state index contributed by atoms with van der Waals surface area (Å²) in [6.45, 7) is 5.89. The van der Waals surface area contributed by atoms with E-state index in [1.54, 1.807) is 47.4 Å². The van der Waals surface area contributed by atoms with E-state index in [1.165, 1.54) is 0 Å². The number of likely N-dealkylation sites (tertiary alicyclic amines) is 1. The number of carbonyl (C=O) groups is 2. The molecule has 174 valence electrons. The van der Waals surface area contributed by atoms with Gasteiger partial charge < -0.3 is 9.80 Å². The standard InChI is InChI=1S/C28H28N2O3S/c1-19-10-11-20(2)22(16-19)18-30-24-17-21(27(31)29-14-6-3-7-15-29)12-13-26(24)34(33)25-9-5-4-8-23(25)28(30)32/h4-5,8-13,16-17H,3,6-7,14-15,18H2,1-2H3/t34-/m1/s1. The fourth-order valence-corrected chi connectivity index (χ4v) is 6.12. The number of fused-ring (bicyclic) bond motifs is 2. The number of carbonyl (C=O) groups excluding carboxylic acids is 2. The lowest BCUT2D eigenvalue weighted by atomic mass is 10.0. The third-order valence-electron chi connectivity index (χ3n) is 6.74. The Morgan fingerprint density at radius 2 is 1.68 bits per heavy atom. The van der Waals surface area contributed by atoms with Crippen molar-refractivity contribution in [1.29, 1.82) is 0 Å². The first-order chi connectivity index (χ1) is 16.4. The van der Waals surface area contributed by atoms with Crippen molar-refractivity contribution < 1.29 is 13.8 Å². The summed E-state index contributed by atoms with van der Waals surface area (Å²) in [5, 5.41) is 0. The van der Waals surface area contributed by atoms with Gasteiger partial charge in [-0.1, -0.05) is 35.9 Å². The summed E-state index contributed by atoms with van der Waals surface area (Å²) in [6, 6.07) is 18.5. The molecule has 2 aliphatic rings. The molecule has 2 aliphatic heterocycles. The number of hydrogen-bond acceptors (Lipinski definition) is 3. The van der Waals surface area contributed by atoms with Gasteiger partial charge in [0.1, 0.15) is 0 Å². The van der Waals surface area contributed by atoms with Gasteiger partial charge >= 0.3 is 0 Å². The maximum absolute atomic E-state index is 13.8. The van der Waals surface area contributed by atoms with Crippen molar-refractivity contribution in [2.24, 2.45) is 0 Å². The summed E-state index contributed by atoms with van der Waals surface area (Å²) in [5.74, 6) is -0.236. The SMILES string of the molecule is Cc1ccc(C)c(CN2C(=O)c3ccccc3[S@@](=O)c3ccc(C(=O)N4CCCCC4)cc32)c1. The monoisotopic (exact) mass is 472 g/mol. The zero-order valence-electron chi connectivity index (χ0n) is 19.5. The molecule has 0 N–H and O–H groups in total. The van der Waals surface area contributed by atoms with Crippen molar-refractivity contribution in [1.82, 2.24) is 4.90 Å². The number of hydrogen-bond donors (Lipinski definition) is 0. The molecule has 6 heteroatoms. The molecule has 5 rings (SSSR count). The van der Waals surface area contributed by atoms with Gasteiger partial charge in [0, 0.05) is 18.7 Å². The van der Waals surface area contributed by atoms with E-state index in [-0.39, 0.29) is 11.8 Å². The number of benzene rings is 3. The maximum atomic E-state index is 13.8. The van der Waals surface area contributed by atoms with Crippen LogP contribution in [0.1, 0.15) is 56.7 Å². The van der Waals surface area contributed by atoms with Crippen LogP contribution >= 0.6 is 0 Å². The van der Waals surface area contributed by atoms with E-state index >= 15 is 0 Å². The molecule has 0 spiro atoms. The molecular formula is C28H28N2O3S. The number of anilines is 1. The Morgan fingerprint density at radius 3 is 2.47 bits per heavy atom. The van der Waals surface area contributed by atoms with Crippen LogP contribution in [0.15, 0.2) is 70.5 Å². The summed E-state index contributed by atoms with van der Waals surface area (Å²) >= 11 is 0. The molecule has 0 radical (unpaired) electrons. The van der Waals surface area contributed by atoms with Crippen molar-refractivity contribution in [3.05, 3.63) is 88.5 Å². The van der Waals surface area contributed by atoms with Crippen LogP contribution in [-0.2, 0) is 17.3 Å². The Kier molecular flexibility index (Phi) is 6.09. The Bertz CT molecular complexity index is 1310. The summed E-state index contributed by atoms with van der Waals surface area (Å²) in [5.41, 5.74) is 4.73. The van der Waals surface area contributed by atoms with Crippen molar-refractivity contribution in [2.45, 2.75) is 49.4 Å². The van der Waals surface area contributed by atoms with Gasteiger partial charge in [0.05, 0.1) is 38.4 Å². The van der Waals surface area contributed by atoms with Crippen molar-refractivity contribution >= 4 is 28.3 Å². The van der Waals surface area contributed by atoms with Crippen LogP contribution in [0.25, 0.3) is 0 Å². The highest BCUT2D eigenvalue weighted by Gasteiger charge is 2.32. The van der Waals surface area contributed by atoms with Gasteiger partial charge in [-0.2, -0.15) is 0 Å². The lowest BCUT2D eigenvalue weighted by molar-refractivity contribution is 0.0724. The number of amides is 2. The number of rotatable bonds is 3. The quantitative estimate of drug-likeness (QED) is 0.523. The molecule has 3 aromatic carbocycles. The zero-order chi connectivity index (χ0) is 23.8. The first-order valence-electron chi connectivity index (χ1n) is 11.8. The summed E-state index contributed by atoms with van der Waals surface area (Å²) in [7, 11) is -1.53. The van der Waals surface area contributed by atoms with Crippen LogP contribution in [0.5, 0.6) is 0 Å². The minimum atomic E-state index is -1.53. The van der Waals surface area contributed by atoms with E-state index in [0.717, 1.165) is 49.0 Å². The first-order valence-corrected chi connectivity index (χ1v) is 12.9. The second-order valence-corrected chi connectivity index (χ2v) is 10.5. The Labute approximate surface area is 202 Å². The third kappa shape index (κ3) is 4.07. The number of nitrogens with zero attached hydrogens (tertiary/aromatic N) is 2. The van der Waals surface area contributed by atoms with Crippen molar-refractivity contribution in [2.75, 3.05) is 18.0 Å². The highest BCUT2D eigenvalue weighted by atomic mass is 32.2. The molecule has 2 amide bonds. The van der Waals surface area contributed by atoms with Gasteiger partial charge in [0.25, 0.3) is 11.8 Å². The van der Waals surface area contributed by atoms with E-state index in [4.69, 9.17) is 0 Å². The van der Waals surface area contributed by atoms with Crippen LogP contribution in [0, 0.1) is 13.8 Å². The molecule has 0 aromatic heterocycles. The van der Waals surface area contributed by atoms with Crippen LogP contribution in [0.3, 0.4) is 0 Å². The van der Waals surface area contributed by atoms with Crippen LogP contribution in [-0.4, -0.2) is 34.0 Å². The smallest absolute Gasteiger partial charge is 0.259 e. The maximum Gasteiger partial charge on any atom is 0.259 e. The molecule has 1 saturated heterocycles. The van der Waals surface area contributed by atoms with Gasteiger partial charge in [0.15, 0.2) is 0 Å².